The maximum Gasteiger partial charge on any atom is 0.219 e. The number of amides is 1. The minimum Gasteiger partial charge on any atom is -0.356 e. The number of nitrogens with zero attached hydrogens (tertiary/aromatic N) is 1. The summed E-state index contributed by atoms with van der Waals surface area (Å²) in [6.07, 6.45) is 28.2. The SMILES string of the molecule is CCCCCCCCCCCCCCCCCCCCCC(=O)NCCCN(CC)CC. The fourth-order valence-electron chi connectivity index (χ4n) is 4.52. The molecule has 0 bridgehead atoms. The van der Waals surface area contributed by atoms with Gasteiger partial charge >= 0.3 is 0 Å². The topological polar surface area (TPSA) is 32.3 Å². The Balaban J connectivity index is 3.16. The van der Waals surface area contributed by atoms with Crippen molar-refractivity contribution in [1.29, 1.82) is 0 Å². The van der Waals surface area contributed by atoms with Gasteiger partial charge in [-0.2, -0.15) is 0 Å². The van der Waals surface area contributed by atoms with Crippen LogP contribution in [0.5, 0.6) is 0 Å². The van der Waals surface area contributed by atoms with Gasteiger partial charge in [0, 0.05) is 13.0 Å². The number of nitrogens with one attached hydrogen (secondary N) is 1. The zero-order valence-electron chi connectivity index (χ0n) is 22.5. The van der Waals surface area contributed by atoms with E-state index in [1.54, 1.807) is 0 Å². The van der Waals surface area contributed by atoms with Gasteiger partial charge in [-0.3, -0.25) is 4.79 Å². The molecule has 1 amide bonds. The van der Waals surface area contributed by atoms with Crippen molar-refractivity contribution in [3.8, 4) is 0 Å². The molecule has 0 aliphatic heterocycles. The molecule has 3 nitrogen and oxygen atoms in total. The smallest absolute Gasteiger partial charge is 0.219 e. The first kappa shape index (κ1) is 31.4. The summed E-state index contributed by atoms with van der Waals surface area (Å²) in [7, 11) is 0. The fourth-order valence-corrected chi connectivity index (χ4v) is 4.52. The van der Waals surface area contributed by atoms with Crippen LogP contribution in [0.15, 0.2) is 0 Å². The van der Waals surface area contributed by atoms with Crippen molar-refractivity contribution in [2.45, 2.75) is 156 Å². The highest BCUT2D eigenvalue weighted by molar-refractivity contribution is 5.75. The molecule has 0 rings (SSSR count). The molecule has 0 aromatic heterocycles. The molecule has 0 saturated carbocycles. The van der Waals surface area contributed by atoms with E-state index in [9.17, 15) is 4.79 Å². The molecule has 0 aromatic rings. The third-order valence-corrected chi connectivity index (χ3v) is 6.88. The van der Waals surface area contributed by atoms with Crippen molar-refractivity contribution in [3.05, 3.63) is 0 Å². The summed E-state index contributed by atoms with van der Waals surface area (Å²) in [6, 6.07) is 0. The van der Waals surface area contributed by atoms with E-state index in [-0.39, 0.29) is 5.91 Å². The lowest BCUT2D eigenvalue weighted by Gasteiger charge is -2.17. The third-order valence-electron chi connectivity index (χ3n) is 6.88. The molecule has 0 fully saturated rings. The highest BCUT2D eigenvalue weighted by Gasteiger charge is 2.02. The molecule has 1 N–H and O–H groups in total. The van der Waals surface area contributed by atoms with E-state index in [2.05, 4.69) is 31.0 Å². The van der Waals surface area contributed by atoms with E-state index in [1.807, 2.05) is 0 Å². The monoisotopic (exact) mass is 452 g/mol. The summed E-state index contributed by atoms with van der Waals surface area (Å²) in [5.74, 6) is 0.247. The highest BCUT2D eigenvalue weighted by Crippen LogP contribution is 2.14. The number of rotatable bonds is 26. The van der Waals surface area contributed by atoms with Gasteiger partial charge in [-0.1, -0.05) is 136 Å². The Bertz CT molecular complexity index is 368. The Labute approximate surface area is 202 Å². The van der Waals surface area contributed by atoms with Crippen LogP contribution in [0.2, 0.25) is 0 Å². The zero-order valence-corrected chi connectivity index (χ0v) is 22.5. The first-order chi connectivity index (χ1) is 15.7. The molecule has 0 atom stereocenters. The minimum absolute atomic E-state index is 0.247. The molecule has 0 aliphatic carbocycles. The molecule has 0 aromatic carbocycles. The second kappa shape index (κ2) is 26.7. The van der Waals surface area contributed by atoms with E-state index >= 15 is 0 Å². The Morgan fingerprint density at radius 3 is 1.28 bits per heavy atom. The quantitative estimate of drug-likeness (QED) is 0.133. The van der Waals surface area contributed by atoms with Crippen LogP contribution >= 0.6 is 0 Å². The van der Waals surface area contributed by atoms with Crippen molar-refractivity contribution in [2.24, 2.45) is 0 Å². The molecule has 0 spiro atoms. The second-order valence-electron chi connectivity index (χ2n) is 9.84. The van der Waals surface area contributed by atoms with E-state index < -0.39 is 0 Å². The Hall–Kier alpha value is -0.570. The fraction of sp³-hybridized carbons (Fsp3) is 0.966. The van der Waals surface area contributed by atoms with E-state index in [4.69, 9.17) is 0 Å². The zero-order chi connectivity index (χ0) is 23.5. The summed E-state index contributed by atoms with van der Waals surface area (Å²) >= 11 is 0. The number of hydrogen-bond acceptors (Lipinski definition) is 2. The molecule has 0 saturated heterocycles. The van der Waals surface area contributed by atoms with Crippen molar-refractivity contribution < 1.29 is 4.79 Å². The molecule has 192 valence electrons. The van der Waals surface area contributed by atoms with Gasteiger partial charge < -0.3 is 10.2 Å². The largest absolute Gasteiger partial charge is 0.356 e. The third kappa shape index (κ3) is 24.1. The molecule has 3 heteroatoms. The average molecular weight is 453 g/mol. The van der Waals surface area contributed by atoms with Gasteiger partial charge in [-0.25, -0.2) is 0 Å². The van der Waals surface area contributed by atoms with Crippen LogP contribution < -0.4 is 5.32 Å². The van der Waals surface area contributed by atoms with E-state index in [1.165, 1.54) is 116 Å². The molecule has 0 radical (unpaired) electrons. The average Bonchev–Trinajstić information content (AvgIpc) is 2.80. The number of carbonyl (C=O) groups is 1. The van der Waals surface area contributed by atoms with Crippen LogP contribution in [0.4, 0.5) is 0 Å². The summed E-state index contributed by atoms with van der Waals surface area (Å²) in [5, 5.41) is 3.08. The normalized spacial score (nSPS) is 11.4. The number of carbonyl (C=O) groups excluding carboxylic acids is 1. The maximum atomic E-state index is 11.9. The van der Waals surface area contributed by atoms with Crippen LogP contribution in [0.25, 0.3) is 0 Å². The van der Waals surface area contributed by atoms with Crippen molar-refractivity contribution >= 4 is 5.91 Å². The molecule has 0 aliphatic rings. The van der Waals surface area contributed by atoms with Crippen LogP contribution in [0.1, 0.15) is 156 Å². The van der Waals surface area contributed by atoms with Crippen LogP contribution in [-0.4, -0.2) is 37.0 Å². The molecular formula is C29H60N2O. The predicted octanol–water partition coefficient (Wildman–Crippen LogP) is 8.66. The standard InChI is InChI=1S/C29H60N2O/c1-4-7-8-9-10-11-12-13-14-15-16-17-18-19-20-21-22-23-24-26-29(32)30-27-25-28-31(5-2)6-3/h4-28H2,1-3H3,(H,30,32). The van der Waals surface area contributed by atoms with Crippen molar-refractivity contribution in [2.75, 3.05) is 26.2 Å². The van der Waals surface area contributed by atoms with Crippen LogP contribution in [-0.2, 0) is 4.79 Å². The summed E-state index contributed by atoms with van der Waals surface area (Å²) in [4.78, 5) is 14.3. The van der Waals surface area contributed by atoms with Crippen molar-refractivity contribution in [1.82, 2.24) is 10.2 Å². The first-order valence-corrected chi connectivity index (χ1v) is 14.7. The summed E-state index contributed by atoms with van der Waals surface area (Å²) < 4.78 is 0. The Morgan fingerprint density at radius 1 is 0.531 bits per heavy atom. The number of unbranched alkanes of at least 4 members (excludes halogenated alkanes) is 18. The maximum absolute atomic E-state index is 11.9. The Morgan fingerprint density at radius 2 is 0.906 bits per heavy atom. The van der Waals surface area contributed by atoms with Gasteiger partial charge in [0.25, 0.3) is 0 Å². The molecular weight excluding hydrogens is 392 g/mol. The lowest BCUT2D eigenvalue weighted by Crippen LogP contribution is -2.29. The second-order valence-corrected chi connectivity index (χ2v) is 9.84. The minimum atomic E-state index is 0.247. The highest BCUT2D eigenvalue weighted by atomic mass is 16.1. The van der Waals surface area contributed by atoms with Gasteiger partial charge in [-0.05, 0) is 32.5 Å². The lowest BCUT2D eigenvalue weighted by atomic mass is 10.0. The lowest BCUT2D eigenvalue weighted by molar-refractivity contribution is -0.121. The molecule has 0 unspecified atom stereocenters. The molecule has 0 heterocycles. The van der Waals surface area contributed by atoms with Gasteiger partial charge in [0.2, 0.25) is 5.91 Å². The van der Waals surface area contributed by atoms with Gasteiger partial charge in [0.1, 0.15) is 0 Å². The van der Waals surface area contributed by atoms with Crippen LogP contribution in [0.3, 0.4) is 0 Å². The van der Waals surface area contributed by atoms with Gasteiger partial charge in [0.05, 0.1) is 0 Å². The Kier molecular flexibility index (Phi) is 26.2. The molecule has 32 heavy (non-hydrogen) atoms. The predicted molar refractivity (Wildman–Crippen MR) is 143 cm³/mol. The van der Waals surface area contributed by atoms with E-state index in [0.717, 1.165) is 39.0 Å². The van der Waals surface area contributed by atoms with Crippen LogP contribution in [0, 0.1) is 0 Å². The first-order valence-electron chi connectivity index (χ1n) is 14.7. The van der Waals surface area contributed by atoms with Gasteiger partial charge in [-0.15, -0.1) is 0 Å². The number of hydrogen-bond donors (Lipinski definition) is 1. The van der Waals surface area contributed by atoms with Crippen molar-refractivity contribution in [3.63, 3.8) is 0 Å². The summed E-state index contributed by atoms with van der Waals surface area (Å²) in [6.45, 7) is 10.8. The summed E-state index contributed by atoms with van der Waals surface area (Å²) in [5.41, 5.74) is 0. The van der Waals surface area contributed by atoms with E-state index in [0.29, 0.717) is 6.42 Å². The van der Waals surface area contributed by atoms with Gasteiger partial charge in [0.15, 0.2) is 0 Å².